The molecule has 0 saturated carbocycles. The number of hydrogen-bond donors (Lipinski definition) is 1. The van der Waals surface area contributed by atoms with Crippen LogP contribution in [0.2, 0.25) is 0 Å². The molecule has 2 aliphatic rings. The topological polar surface area (TPSA) is 62.6 Å². The summed E-state index contributed by atoms with van der Waals surface area (Å²) in [6.45, 7) is 7.83. The van der Waals surface area contributed by atoms with E-state index in [0.29, 0.717) is 17.5 Å². The van der Waals surface area contributed by atoms with Crippen molar-refractivity contribution in [2.45, 2.75) is 38.3 Å². The molecule has 0 spiro atoms. The average molecular weight is 432 g/mol. The van der Waals surface area contributed by atoms with Crippen molar-refractivity contribution < 1.29 is 4.79 Å². The van der Waals surface area contributed by atoms with Crippen molar-refractivity contribution in [2.24, 2.45) is 0 Å². The van der Waals surface area contributed by atoms with Crippen LogP contribution >= 0.6 is 0 Å². The molecule has 6 nitrogen and oxygen atoms in total. The van der Waals surface area contributed by atoms with Gasteiger partial charge in [0.2, 0.25) is 0 Å². The average Bonchev–Trinajstić information content (AvgIpc) is 2.84. The van der Waals surface area contributed by atoms with Gasteiger partial charge in [-0.25, -0.2) is 4.79 Å². The lowest BCUT2D eigenvalue weighted by atomic mass is 9.89. The second kappa shape index (κ2) is 10.2. The quantitative estimate of drug-likeness (QED) is 0.800. The summed E-state index contributed by atoms with van der Waals surface area (Å²) in [5.41, 5.74) is 4.12. The molecule has 0 radical (unpaired) electrons. The molecule has 2 saturated heterocycles. The Bertz CT molecular complexity index is 959. The van der Waals surface area contributed by atoms with Crippen molar-refractivity contribution in [1.29, 1.82) is 5.26 Å². The first kappa shape index (κ1) is 22.3. The molecule has 0 unspecified atom stereocenters. The summed E-state index contributed by atoms with van der Waals surface area (Å²) in [5.74, 6) is 0.407. The molecule has 4 rings (SSSR count). The Labute approximate surface area is 191 Å². The molecular weight excluding hydrogens is 398 g/mol. The molecular formula is C26H33N5O. The molecule has 1 atom stereocenters. The van der Waals surface area contributed by atoms with E-state index in [2.05, 4.69) is 53.5 Å². The van der Waals surface area contributed by atoms with E-state index in [0.717, 1.165) is 57.8 Å². The van der Waals surface area contributed by atoms with Gasteiger partial charge in [0, 0.05) is 58.0 Å². The molecule has 6 heteroatoms. The number of nitriles is 1. The summed E-state index contributed by atoms with van der Waals surface area (Å²) in [5, 5.41) is 12.6. The lowest BCUT2D eigenvalue weighted by Crippen LogP contribution is -2.48. The zero-order chi connectivity index (χ0) is 22.5. The predicted molar refractivity (Wildman–Crippen MR) is 128 cm³/mol. The Morgan fingerprint density at radius 2 is 1.91 bits per heavy atom. The van der Waals surface area contributed by atoms with Gasteiger partial charge in [-0.05, 0) is 61.1 Å². The first-order valence-electron chi connectivity index (χ1n) is 11.6. The fourth-order valence-corrected chi connectivity index (χ4v) is 4.83. The van der Waals surface area contributed by atoms with Crippen molar-refractivity contribution in [3.05, 3.63) is 65.2 Å². The summed E-state index contributed by atoms with van der Waals surface area (Å²) < 4.78 is 0. The van der Waals surface area contributed by atoms with Gasteiger partial charge < -0.3 is 10.2 Å². The molecule has 2 aliphatic heterocycles. The van der Waals surface area contributed by atoms with Crippen LogP contribution in [0, 0.1) is 11.3 Å². The monoisotopic (exact) mass is 431 g/mol. The highest BCUT2D eigenvalue weighted by Crippen LogP contribution is 2.29. The third kappa shape index (κ3) is 5.29. The third-order valence-electron chi connectivity index (χ3n) is 6.72. The summed E-state index contributed by atoms with van der Waals surface area (Å²) >= 11 is 0. The van der Waals surface area contributed by atoms with Gasteiger partial charge in [-0.15, -0.1) is 0 Å². The van der Waals surface area contributed by atoms with E-state index in [-0.39, 0.29) is 6.03 Å². The van der Waals surface area contributed by atoms with Gasteiger partial charge in [0.1, 0.15) is 0 Å². The van der Waals surface area contributed by atoms with Crippen LogP contribution in [0.1, 0.15) is 42.4 Å². The summed E-state index contributed by atoms with van der Waals surface area (Å²) in [6.07, 6.45) is 1.85. The molecule has 2 aromatic carbocycles. The number of likely N-dealkylation sites (tertiary alicyclic amines) is 1. The summed E-state index contributed by atoms with van der Waals surface area (Å²) in [4.78, 5) is 19.2. The minimum absolute atomic E-state index is 0.0536. The number of carbonyl (C=O) groups is 1. The van der Waals surface area contributed by atoms with Crippen LogP contribution in [0.5, 0.6) is 0 Å². The van der Waals surface area contributed by atoms with E-state index in [1.165, 1.54) is 11.1 Å². The number of nitrogens with one attached hydrogen (secondary N) is 1. The van der Waals surface area contributed by atoms with Gasteiger partial charge in [0.05, 0.1) is 11.6 Å². The summed E-state index contributed by atoms with van der Waals surface area (Å²) in [6, 6.07) is 19.1. The van der Waals surface area contributed by atoms with Gasteiger partial charge in [-0.2, -0.15) is 5.26 Å². The van der Waals surface area contributed by atoms with Gasteiger partial charge >= 0.3 is 6.03 Å². The smallest absolute Gasteiger partial charge is 0.324 e. The lowest BCUT2D eigenvalue weighted by molar-refractivity contribution is 0.189. The van der Waals surface area contributed by atoms with Crippen LogP contribution in [0.3, 0.4) is 0 Å². The Balaban J connectivity index is 1.31. The minimum atomic E-state index is 0.0536. The van der Waals surface area contributed by atoms with Crippen LogP contribution in [-0.4, -0.2) is 61.6 Å². The van der Waals surface area contributed by atoms with Crippen LogP contribution < -0.4 is 10.2 Å². The molecule has 2 fully saturated rings. The Kier molecular flexibility index (Phi) is 7.09. The predicted octanol–water partition coefficient (Wildman–Crippen LogP) is 3.79. The van der Waals surface area contributed by atoms with E-state index in [9.17, 15) is 4.79 Å². The molecule has 0 aliphatic carbocycles. The molecule has 0 aromatic heterocycles. The van der Waals surface area contributed by atoms with Crippen molar-refractivity contribution in [1.82, 2.24) is 15.1 Å². The number of urea groups is 1. The first-order valence-corrected chi connectivity index (χ1v) is 11.6. The number of anilines is 1. The second-order valence-corrected chi connectivity index (χ2v) is 9.10. The number of rotatable bonds is 4. The maximum atomic E-state index is 13.1. The number of hydrogen-bond acceptors (Lipinski definition) is 4. The van der Waals surface area contributed by atoms with Crippen LogP contribution in [0.4, 0.5) is 10.5 Å². The lowest BCUT2D eigenvalue weighted by Gasteiger charge is -2.35. The highest BCUT2D eigenvalue weighted by molar-refractivity contribution is 5.91. The van der Waals surface area contributed by atoms with Gasteiger partial charge in [0.25, 0.3) is 0 Å². The fraction of sp³-hybridized carbons (Fsp3) is 0.462. The van der Waals surface area contributed by atoms with E-state index >= 15 is 0 Å². The van der Waals surface area contributed by atoms with Gasteiger partial charge in [-0.3, -0.25) is 9.80 Å². The molecule has 168 valence electrons. The Morgan fingerprint density at radius 3 is 2.59 bits per heavy atom. The van der Waals surface area contributed by atoms with E-state index in [1.54, 1.807) is 4.90 Å². The Hall–Kier alpha value is -2.88. The molecule has 0 bridgehead atoms. The van der Waals surface area contributed by atoms with Gasteiger partial charge in [-0.1, -0.05) is 24.3 Å². The van der Waals surface area contributed by atoms with Crippen LogP contribution in [-0.2, 0) is 6.54 Å². The number of piperidine rings is 1. The highest BCUT2D eigenvalue weighted by Gasteiger charge is 2.26. The number of benzene rings is 2. The summed E-state index contributed by atoms with van der Waals surface area (Å²) in [7, 11) is 1.86. The first-order chi connectivity index (χ1) is 15.5. The molecule has 1 N–H and O–H groups in total. The maximum absolute atomic E-state index is 13.1. The fourth-order valence-electron chi connectivity index (χ4n) is 4.83. The van der Waals surface area contributed by atoms with E-state index in [4.69, 9.17) is 5.26 Å². The zero-order valence-electron chi connectivity index (χ0n) is 19.1. The van der Waals surface area contributed by atoms with Crippen molar-refractivity contribution in [3.8, 4) is 6.07 Å². The van der Waals surface area contributed by atoms with Crippen molar-refractivity contribution in [2.75, 3.05) is 44.7 Å². The molecule has 2 heterocycles. The molecule has 2 aromatic rings. The number of nitrogens with zero attached hydrogens (tertiary/aromatic N) is 4. The van der Waals surface area contributed by atoms with Crippen molar-refractivity contribution in [3.63, 3.8) is 0 Å². The molecule has 32 heavy (non-hydrogen) atoms. The number of carbonyl (C=O) groups excluding carboxylic acids is 1. The number of amides is 2. The minimum Gasteiger partial charge on any atom is -0.324 e. The van der Waals surface area contributed by atoms with E-state index < -0.39 is 0 Å². The van der Waals surface area contributed by atoms with Crippen LogP contribution in [0.15, 0.2) is 48.5 Å². The second-order valence-electron chi connectivity index (χ2n) is 9.10. The van der Waals surface area contributed by atoms with E-state index in [1.807, 2.05) is 30.1 Å². The number of piperazine rings is 1. The normalized spacial score (nSPS) is 20.0. The highest BCUT2D eigenvalue weighted by atomic mass is 16.2. The maximum Gasteiger partial charge on any atom is 0.324 e. The van der Waals surface area contributed by atoms with Gasteiger partial charge in [0.15, 0.2) is 0 Å². The zero-order valence-corrected chi connectivity index (χ0v) is 19.1. The third-order valence-corrected chi connectivity index (χ3v) is 6.72. The van der Waals surface area contributed by atoms with Crippen molar-refractivity contribution >= 4 is 11.7 Å². The SMILES string of the molecule is C[C@H]1CN(Cc2ccc(N(C)C(=O)N3CCC(c4cccc(C#N)c4)CC3)cc2)CCN1. The van der Waals surface area contributed by atoms with Crippen LogP contribution in [0.25, 0.3) is 0 Å². The Morgan fingerprint density at radius 1 is 1.16 bits per heavy atom. The largest absolute Gasteiger partial charge is 0.324 e. The standard InChI is InChI=1S/C26H33N5O/c1-20-18-30(15-12-28-20)19-21-6-8-25(9-7-21)29(2)26(32)31-13-10-23(11-14-31)24-5-3-4-22(16-24)17-27/h3-9,16,20,23,28H,10-15,18-19H2,1-2H3/t20-/m0/s1. The molecule has 2 amide bonds.